The number of amides is 1. The van der Waals surface area contributed by atoms with E-state index in [1.165, 1.54) is 5.56 Å². The summed E-state index contributed by atoms with van der Waals surface area (Å²) in [5, 5.41) is 0. The van der Waals surface area contributed by atoms with Gasteiger partial charge in [-0.05, 0) is 26.1 Å². The van der Waals surface area contributed by atoms with Gasteiger partial charge in [-0.1, -0.05) is 30.3 Å². The Labute approximate surface area is 163 Å². The quantitative estimate of drug-likeness (QED) is 0.742. The number of nitrogens with zero attached hydrogens (tertiary/aromatic N) is 4. The number of ether oxygens (including phenoxy) is 1. The summed E-state index contributed by atoms with van der Waals surface area (Å²) in [6.07, 6.45) is 1.34. The van der Waals surface area contributed by atoms with Crippen molar-refractivity contribution in [2.75, 3.05) is 73.1 Å². The Morgan fingerprint density at radius 3 is 2.52 bits per heavy atom. The molecule has 1 aromatic rings. The van der Waals surface area contributed by atoms with Crippen molar-refractivity contribution in [3.8, 4) is 0 Å². The van der Waals surface area contributed by atoms with E-state index in [0.717, 1.165) is 65.4 Å². The van der Waals surface area contributed by atoms with Gasteiger partial charge in [0.05, 0.1) is 12.6 Å². The topological polar surface area (TPSA) is 39.3 Å². The van der Waals surface area contributed by atoms with Crippen LogP contribution in [0.1, 0.15) is 12.0 Å². The fourth-order valence-electron chi connectivity index (χ4n) is 3.90. The minimum Gasteiger partial charge on any atom is -0.376 e. The highest BCUT2D eigenvalue weighted by Crippen LogP contribution is 2.13. The second-order valence-electron chi connectivity index (χ2n) is 7.99. The average molecular weight is 375 g/mol. The van der Waals surface area contributed by atoms with Gasteiger partial charge in [-0.3, -0.25) is 14.6 Å². The molecule has 2 aliphatic heterocycles. The molecule has 0 aromatic heterocycles. The predicted molar refractivity (Wildman–Crippen MR) is 108 cm³/mol. The number of piperazine rings is 1. The molecule has 1 aromatic carbocycles. The first-order valence-electron chi connectivity index (χ1n) is 10.1. The van der Waals surface area contributed by atoms with Gasteiger partial charge in [-0.15, -0.1) is 0 Å². The van der Waals surface area contributed by atoms with Gasteiger partial charge in [0.15, 0.2) is 0 Å². The molecule has 27 heavy (non-hydrogen) atoms. The fraction of sp³-hybridized carbons (Fsp3) is 0.667. The monoisotopic (exact) mass is 374 g/mol. The number of benzene rings is 1. The minimum atomic E-state index is 0.236. The number of carbonyl (C=O) groups excluding carboxylic acids is 1. The number of likely N-dealkylation sites (N-methyl/N-ethyl adjacent to an activating group) is 1. The molecule has 150 valence electrons. The molecule has 0 radical (unpaired) electrons. The van der Waals surface area contributed by atoms with E-state index in [9.17, 15) is 4.79 Å². The zero-order valence-corrected chi connectivity index (χ0v) is 16.8. The van der Waals surface area contributed by atoms with Crippen LogP contribution in [0.2, 0.25) is 0 Å². The first-order chi connectivity index (χ1) is 13.1. The van der Waals surface area contributed by atoms with Gasteiger partial charge in [0.1, 0.15) is 0 Å². The first-order valence-corrected chi connectivity index (χ1v) is 10.1. The molecule has 3 rings (SSSR count). The summed E-state index contributed by atoms with van der Waals surface area (Å²) in [4.78, 5) is 21.1. The first kappa shape index (κ1) is 20.3. The summed E-state index contributed by atoms with van der Waals surface area (Å²) >= 11 is 0. The molecule has 0 N–H and O–H groups in total. The second-order valence-corrected chi connectivity index (χ2v) is 7.99. The van der Waals surface area contributed by atoms with Crippen LogP contribution >= 0.6 is 0 Å². The van der Waals surface area contributed by atoms with E-state index in [-0.39, 0.29) is 12.0 Å². The molecule has 0 spiro atoms. The van der Waals surface area contributed by atoms with Crippen molar-refractivity contribution in [3.63, 3.8) is 0 Å². The standard InChI is InChI=1S/C21H34N4O2/c1-22(2)18-21(26)25-12-10-23(11-13-25)16-20-17-24(9-6-14-27-20)15-19-7-4-3-5-8-19/h3-5,7-8,20H,6,9-18H2,1-2H3. The molecule has 0 bridgehead atoms. The van der Waals surface area contributed by atoms with E-state index in [0.29, 0.717) is 6.54 Å². The molecule has 6 heteroatoms. The van der Waals surface area contributed by atoms with Crippen LogP contribution in [0.3, 0.4) is 0 Å². The van der Waals surface area contributed by atoms with E-state index in [4.69, 9.17) is 4.74 Å². The molecule has 2 fully saturated rings. The van der Waals surface area contributed by atoms with Gasteiger partial charge in [0.2, 0.25) is 5.91 Å². The highest BCUT2D eigenvalue weighted by Gasteiger charge is 2.25. The third kappa shape index (κ3) is 6.57. The molecule has 2 saturated heterocycles. The van der Waals surface area contributed by atoms with E-state index < -0.39 is 0 Å². The smallest absolute Gasteiger partial charge is 0.236 e. The zero-order chi connectivity index (χ0) is 19.1. The number of hydrogen-bond acceptors (Lipinski definition) is 5. The maximum atomic E-state index is 12.2. The fourth-order valence-corrected chi connectivity index (χ4v) is 3.90. The van der Waals surface area contributed by atoms with Crippen LogP contribution in [0.25, 0.3) is 0 Å². The molecule has 2 aliphatic rings. The van der Waals surface area contributed by atoms with E-state index in [2.05, 4.69) is 40.1 Å². The maximum Gasteiger partial charge on any atom is 0.236 e. The molecule has 6 nitrogen and oxygen atoms in total. The van der Waals surface area contributed by atoms with Crippen molar-refractivity contribution in [2.24, 2.45) is 0 Å². The van der Waals surface area contributed by atoms with Gasteiger partial charge in [0.25, 0.3) is 0 Å². The summed E-state index contributed by atoms with van der Waals surface area (Å²) in [6, 6.07) is 10.7. The molecule has 2 heterocycles. The van der Waals surface area contributed by atoms with Gasteiger partial charge in [0, 0.05) is 59.0 Å². The van der Waals surface area contributed by atoms with Crippen LogP contribution in [-0.4, -0.2) is 105 Å². The maximum absolute atomic E-state index is 12.2. The lowest BCUT2D eigenvalue weighted by molar-refractivity contribution is -0.133. The minimum absolute atomic E-state index is 0.236. The average Bonchev–Trinajstić information content (AvgIpc) is 2.87. The summed E-state index contributed by atoms with van der Waals surface area (Å²) < 4.78 is 6.13. The van der Waals surface area contributed by atoms with Crippen molar-refractivity contribution >= 4 is 5.91 Å². The van der Waals surface area contributed by atoms with Crippen LogP contribution in [0.15, 0.2) is 30.3 Å². The van der Waals surface area contributed by atoms with Crippen molar-refractivity contribution in [3.05, 3.63) is 35.9 Å². The molecule has 0 saturated carbocycles. The van der Waals surface area contributed by atoms with Crippen LogP contribution < -0.4 is 0 Å². The van der Waals surface area contributed by atoms with Crippen molar-refractivity contribution in [1.29, 1.82) is 0 Å². The van der Waals surface area contributed by atoms with E-state index in [1.807, 2.05) is 23.9 Å². The summed E-state index contributed by atoms with van der Waals surface area (Å²) in [5.74, 6) is 0.236. The molecule has 0 aliphatic carbocycles. The normalized spacial score (nSPS) is 22.8. The Kier molecular flexibility index (Phi) is 7.64. The Morgan fingerprint density at radius 2 is 1.81 bits per heavy atom. The Morgan fingerprint density at radius 1 is 1.07 bits per heavy atom. The van der Waals surface area contributed by atoms with E-state index in [1.54, 1.807) is 0 Å². The van der Waals surface area contributed by atoms with Gasteiger partial charge < -0.3 is 14.5 Å². The van der Waals surface area contributed by atoms with Gasteiger partial charge >= 0.3 is 0 Å². The lowest BCUT2D eigenvalue weighted by Crippen LogP contribution is -2.52. The number of carbonyl (C=O) groups is 1. The summed E-state index contributed by atoms with van der Waals surface area (Å²) in [7, 11) is 3.89. The highest BCUT2D eigenvalue weighted by molar-refractivity contribution is 5.78. The van der Waals surface area contributed by atoms with E-state index >= 15 is 0 Å². The molecule has 1 unspecified atom stereocenters. The van der Waals surface area contributed by atoms with Crippen molar-refractivity contribution in [1.82, 2.24) is 19.6 Å². The van der Waals surface area contributed by atoms with Crippen molar-refractivity contribution < 1.29 is 9.53 Å². The summed E-state index contributed by atoms with van der Waals surface area (Å²) in [6.45, 7) is 8.91. The SMILES string of the molecule is CN(C)CC(=O)N1CCN(CC2CN(Cc3ccccc3)CCCO2)CC1. The molecular formula is C21H34N4O2. The third-order valence-electron chi connectivity index (χ3n) is 5.32. The molecular weight excluding hydrogens is 340 g/mol. The van der Waals surface area contributed by atoms with Crippen LogP contribution in [0.5, 0.6) is 0 Å². The second kappa shape index (κ2) is 10.2. The Bertz CT molecular complexity index is 573. The van der Waals surface area contributed by atoms with Crippen LogP contribution in [-0.2, 0) is 16.1 Å². The number of hydrogen-bond donors (Lipinski definition) is 0. The largest absolute Gasteiger partial charge is 0.376 e. The Hall–Kier alpha value is -1.47. The summed E-state index contributed by atoms with van der Waals surface area (Å²) in [5.41, 5.74) is 1.37. The van der Waals surface area contributed by atoms with Gasteiger partial charge in [-0.2, -0.15) is 0 Å². The lowest BCUT2D eigenvalue weighted by atomic mass is 10.2. The van der Waals surface area contributed by atoms with Crippen molar-refractivity contribution in [2.45, 2.75) is 19.1 Å². The molecule has 1 amide bonds. The lowest BCUT2D eigenvalue weighted by Gasteiger charge is -2.37. The predicted octanol–water partition coefficient (Wildman–Crippen LogP) is 0.983. The van der Waals surface area contributed by atoms with Crippen LogP contribution in [0.4, 0.5) is 0 Å². The zero-order valence-electron chi connectivity index (χ0n) is 16.8. The highest BCUT2D eigenvalue weighted by atomic mass is 16.5. The third-order valence-corrected chi connectivity index (χ3v) is 5.32. The van der Waals surface area contributed by atoms with Crippen LogP contribution in [0, 0.1) is 0 Å². The number of rotatable bonds is 6. The molecule has 1 atom stereocenters. The van der Waals surface area contributed by atoms with Gasteiger partial charge in [-0.25, -0.2) is 0 Å². The Balaban J connectivity index is 1.45.